The van der Waals surface area contributed by atoms with Crippen LogP contribution in [0.5, 0.6) is 0 Å². The minimum absolute atomic E-state index is 0.0942. The lowest BCUT2D eigenvalue weighted by atomic mass is 10.1. The van der Waals surface area contributed by atoms with E-state index in [0.29, 0.717) is 13.0 Å². The normalized spacial score (nSPS) is 23.7. The number of carbonyl (C=O) groups excluding carboxylic acids is 1. The van der Waals surface area contributed by atoms with Gasteiger partial charge >= 0.3 is 0 Å². The van der Waals surface area contributed by atoms with E-state index < -0.39 is 6.10 Å². The van der Waals surface area contributed by atoms with Gasteiger partial charge in [0.25, 0.3) is 0 Å². The van der Waals surface area contributed by atoms with Crippen LogP contribution in [0.2, 0.25) is 0 Å². The molecule has 0 spiro atoms. The second kappa shape index (κ2) is 5.16. The number of carbonyl (C=O) groups is 1. The van der Waals surface area contributed by atoms with Gasteiger partial charge in [0, 0.05) is 16.7 Å². The lowest BCUT2D eigenvalue weighted by Crippen LogP contribution is -2.35. The Labute approximate surface area is 109 Å². The zero-order chi connectivity index (χ0) is 12.4. The largest absolute Gasteiger partial charge is 0.392 e. The van der Waals surface area contributed by atoms with E-state index in [1.807, 2.05) is 25.1 Å². The Kier molecular flexibility index (Phi) is 3.81. The molecule has 2 rings (SSSR count). The lowest BCUT2D eigenvalue weighted by Gasteiger charge is -2.11. The van der Waals surface area contributed by atoms with Gasteiger partial charge in [-0.1, -0.05) is 15.9 Å². The van der Waals surface area contributed by atoms with Crippen molar-refractivity contribution < 1.29 is 9.90 Å². The molecule has 1 aliphatic heterocycles. The molecule has 5 heteroatoms. The molecular formula is C12H15BrN2O2. The van der Waals surface area contributed by atoms with Gasteiger partial charge in [0.05, 0.1) is 12.1 Å². The molecule has 1 saturated heterocycles. The summed E-state index contributed by atoms with van der Waals surface area (Å²) in [6.07, 6.45) is 0.0545. The number of nitrogens with one attached hydrogen (secondary N) is 2. The predicted molar refractivity (Wildman–Crippen MR) is 69.9 cm³/mol. The third-order valence-corrected chi connectivity index (χ3v) is 3.74. The Hall–Kier alpha value is -0.910. The number of β-amino-alcohol motifs (C(OH)–C–C–N with tert-alkyl or cyclic N) is 1. The van der Waals surface area contributed by atoms with Crippen LogP contribution in [-0.4, -0.2) is 29.7 Å². The highest BCUT2D eigenvalue weighted by Gasteiger charge is 2.27. The molecule has 0 aromatic heterocycles. The van der Waals surface area contributed by atoms with E-state index in [4.69, 9.17) is 0 Å². The third-order valence-electron chi connectivity index (χ3n) is 2.85. The fourth-order valence-electron chi connectivity index (χ4n) is 1.87. The smallest absolute Gasteiger partial charge is 0.241 e. The average Bonchev–Trinajstić information content (AvgIpc) is 2.70. The van der Waals surface area contributed by atoms with Crippen molar-refractivity contribution in [1.82, 2.24) is 5.32 Å². The second-order valence-electron chi connectivity index (χ2n) is 4.30. The van der Waals surface area contributed by atoms with Gasteiger partial charge in [0.1, 0.15) is 0 Å². The number of halogens is 1. The van der Waals surface area contributed by atoms with Crippen molar-refractivity contribution >= 4 is 27.5 Å². The standard InChI is InChI=1S/C12H15BrN2O2/c1-7-4-8(2-3-10(7)13)15-12(17)11-5-9(16)6-14-11/h2-4,9,11,14,16H,5-6H2,1H3,(H,15,17). The van der Waals surface area contributed by atoms with Crippen LogP contribution >= 0.6 is 15.9 Å². The molecule has 0 radical (unpaired) electrons. The summed E-state index contributed by atoms with van der Waals surface area (Å²) in [5.41, 5.74) is 1.85. The summed E-state index contributed by atoms with van der Waals surface area (Å²) in [4.78, 5) is 11.9. The molecule has 1 amide bonds. The van der Waals surface area contributed by atoms with Gasteiger partial charge in [-0.25, -0.2) is 0 Å². The highest BCUT2D eigenvalue weighted by Crippen LogP contribution is 2.20. The van der Waals surface area contributed by atoms with Crippen molar-refractivity contribution in [3.8, 4) is 0 Å². The minimum Gasteiger partial charge on any atom is -0.392 e. The fraction of sp³-hybridized carbons (Fsp3) is 0.417. The van der Waals surface area contributed by atoms with Crippen LogP contribution in [0.1, 0.15) is 12.0 Å². The summed E-state index contributed by atoms with van der Waals surface area (Å²) in [5, 5.41) is 15.2. The fourth-order valence-corrected chi connectivity index (χ4v) is 2.12. The summed E-state index contributed by atoms with van der Waals surface area (Å²) in [5.74, 6) is -0.0942. The molecule has 92 valence electrons. The second-order valence-corrected chi connectivity index (χ2v) is 5.16. The Balaban J connectivity index is 2.00. The van der Waals surface area contributed by atoms with Crippen molar-refractivity contribution in [2.45, 2.75) is 25.5 Å². The van der Waals surface area contributed by atoms with E-state index in [9.17, 15) is 9.90 Å². The van der Waals surface area contributed by atoms with Gasteiger partial charge in [-0.2, -0.15) is 0 Å². The molecule has 1 aromatic rings. The molecule has 17 heavy (non-hydrogen) atoms. The average molecular weight is 299 g/mol. The lowest BCUT2D eigenvalue weighted by molar-refractivity contribution is -0.117. The zero-order valence-electron chi connectivity index (χ0n) is 9.53. The van der Waals surface area contributed by atoms with Crippen molar-refractivity contribution in [3.63, 3.8) is 0 Å². The SMILES string of the molecule is Cc1cc(NC(=O)C2CC(O)CN2)ccc1Br. The van der Waals surface area contributed by atoms with Crippen LogP contribution in [0.4, 0.5) is 5.69 Å². The zero-order valence-corrected chi connectivity index (χ0v) is 11.1. The first-order chi connectivity index (χ1) is 8.06. The molecule has 2 unspecified atom stereocenters. The van der Waals surface area contributed by atoms with Gasteiger partial charge in [-0.05, 0) is 37.1 Å². The van der Waals surface area contributed by atoms with Crippen molar-refractivity contribution in [3.05, 3.63) is 28.2 Å². The van der Waals surface area contributed by atoms with E-state index >= 15 is 0 Å². The van der Waals surface area contributed by atoms with E-state index in [2.05, 4.69) is 26.6 Å². The summed E-state index contributed by atoms with van der Waals surface area (Å²) in [6, 6.07) is 5.37. The topological polar surface area (TPSA) is 61.4 Å². The summed E-state index contributed by atoms with van der Waals surface area (Å²) >= 11 is 3.41. The third kappa shape index (κ3) is 3.06. The molecular weight excluding hydrogens is 284 g/mol. The van der Waals surface area contributed by atoms with Crippen molar-refractivity contribution in [2.75, 3.05) is 11.9 Å². The van der Waals surface area contributed by atoms with Gasteiger partial charge in [-0.15, -0.1) is 0 Å². The molecule has 1 heterocycles. The minimum atomic E-state index is -0.419. The molecule has 0 bridgehead atoms. The number of amides is 1. The van der Waals surface area contributed by atoms with E-state index in [1.54, 1.807) is 0 Å². The molecule has 4 nitrogen and oxygen atoms in total. The van der Waals surface area contributed by atoms with E-state index in [0.717, 1.165) is 15.7 Å². The van der Waals surface area contributed by atoms with Crippen LogP contribution in [-0.2, 0) is 4.79 Å². The van der Waals surface area contributed by atoms with Gasteiger partial charge in [0.2, 0.25) is 5.91 Å². The molecule has 0 saturated carbocycles. The molecule has 0 aliphatic carbocycles. The van der Waals surface area contributed by atoms with Gasteiger partial charge in [-0.3, -0.25) is 4.79 Å². The molecule has 1 fully saturated rings. The molecule has 1 aliphatic rings. The van der Waals surface area contributed by atoms with Crippen LogP contribution in [0.25, 0.3) is 0 Å². The monoisotopic (exact) mass is 298 g/mol. The number of aliphatic hydroxyl groups is 1. The molecule has 1 aromatic carbocycles. The molecule has 3 N–H and O–H groups in total. The first-order valence-corrected chi connectivity index (χ1v) is 6.34. The summed E-state index contributed by atoms with van der Waals surface area (Å²) < 4.78 is 1.02. The number of hydrogen-bond acceptors (Lipinski definition) is 3. The van der Waals surface area contributed by atoms with E-state index in [1.165, 1.54) is 0 Å². The van der Waals surface area contributed by atoms with Gasteiger partial charge in [0.15, 0.2) is 0 Å². The Bertz CT molecular complexity index is 437. The maximum absolute atomic E-state index is 11.9. The van der Waals surface area contributed by atoms with Crippen molar-refractivity contribution in [1.29, 1.82) is 0 Å². The van der Waals surface area contributed by atoms with Crippen LogP contribution in [0.15, 0.2) is 22.7 Å². The Morgan fingerprint density at radius 3 is 2.94 bits per heavy atom. The predicted octanol–water partition coefficient (Wildman–Crippen LogP) is 1.42. The summed E-state index contributed by atoms with van der Waals surface area (Å²) in [6.45, 7) is 2.45. The maximum Gasteiger partial charge on any atom is 0.241 e. The first kappa shape index (κ1) is 12.5. The quantitative estimate of drug-likeness (QED) is 0.774. The summed E-state index contributed by atoms with van der Waals surface area (Å²) in [7, 11) is 0. The molecule has 2 atom stereocenters. The van der Waals surface area contributed by atoms with Crippen LogP contribution in [0, 0.1) is 6.92 Å². The number of aliphatic hydroxyl groups excluding tert-OH is 1. The highest BCUT2D eigenvalue weighted by molar-refractivity contribution is 9.10. The van der Waals surface area contributed by atoms with Crippen molar-refractivity contribution in [2.24, 2.45) is 0 Å². The van der Waals surface area contributed by atoms with E-state index in [-0.39, 0.29) is 11.9 Å². The van der Waals surface area contributed by atoms with Crippen LogP contribution in [0.3, 0.4) is 0 Å². The van der Waals surface area contributed by atoms with Crippen LogP contribution < -0.4 is 10.6 Å². The number of anilines is 1. The Morgan fingerprint density at radius 1 is 1.59 bits per heavy atom. The van der Waals surface area contributed by atoms with Gasteiger partial charge < -0.3 is 15.7 Å². The number of benzene rings is 1. The first-order valence-electron chi connectivity index (χ1n) is 5.54. The number of rotatable bonds is 2. The Morgan fingerprint density at radius 2 is 2.35 bits per heavy atom. The number of hydrogen-bond donors (Lipinski definition) is 3. The number of aryl methyl sites for hydroxylation is 1. The maximum atomic E-state index is 11.9. The highest BCUT2D eigenvalue weighted by atomic mass is 79.9.